The van der Waals surface area contributed by atoms with Crippen molar-refractivity contribution in [1.29, 1.82) is 0 Å². The molecular formula is C25H33N3O. The molecule has 4 heteroatoms. The third-order valence-electron chi connectivity index (χ3n) is 6.18. The van der Waals surface area contributed by atoms with Crippen LogP contribution in [0.3, 0.4) is 0 Å². The first-order chi connectivity index (χ1) is 14.3. The Bertz CT molecular complexity index is 899. The molecule has 4 nitrogen and oxygen atoms in total. The van der Waals surface area contributed by atoms with Gasteiger partial charge in [-0.15, -0.1) is 0 Å². The first kappa shape index (κ1) is 19.8. The Morgan fingerprint density at radius 1 is 1.24 bits per heavy atom. The smallest absolute Gasteiger partial charge is 0.146 e. The second kappa shape index (κ2) is 9.34. The number of hydrogen-bond donors (Lipinski definition) is 2. The topological polar surface area (TPSA) is 53.2 Å². The fourth-order valence-electron chi connectivity index (χ4n) is 4.59. The molecule has 1 atom stereocenters. The monoisotopic (exact) mass is 391 g/mol. The summed E-state index contributed by atoms with van der Waals surface area (Å²) < 4.78 is 5.61. The summed E-state index contributed by atoms with van der Waals surface area (Å²) >= 11 is 0. The van der Waals surface area contributed by atoms with E-state index in [9.17, 15) is 0 Å². The number of H-pyrrole nitrogens is 2. The summed E-state index contributed by atoms with van der Waals surface area (Å²) in [6, 6.07) is 6.40. The lowest BCUT2D eigenvalue weighted by atomic mass is 9.89. The number of rotatable bonds is 6. The number of aliphatic imine (C=N–C) groups is 1. The van der Waals surface area contributed by atoms with Gasteiger partial charge in [-0.1, -0.05) is 39.0 Å². The molecule has 0 aromatic carbocycles. The van der Waals surface area contributed by atoms with E-state index in [0.29, 0.717) is 5.92 Å². The summed E-state index contributed by atoms with van der Waals surface area (Å²) in [4.78, 5) is 11.8. The van der Waals surface area contributed by atoms with Crippen molar-refractivity contribution in [3.8, 4) is 0 Å². The first-order valence-electron chi connectivity index (χ1n) is 11.2. The molecule has 29 heavy (non-hydrogen) atoms. The van der Waals surface area contributed by atoms with Gasteiger partial charge in [0.1, 0.15) is 11.5 Å². The molecule has 0 saturated carbocycles. The van der Waals surface area contributed by atoms with Crippen LogP contribution < -0.4 is 0 Å². The standard InChI is InChI=1S/C25H33N3O/c1-3-4-10-18-11-7-5-6-8-12-21-20(18)15-19(27-21)16-24-25(29-2)17-23(28-24)22-13-9-14-26-22/h9,13-18,26-27H,3-8,10-12H2,1-2H3/b24-16-. The summed E-state index contributed by atoms with van der Waals surface area (Å²) in [7, 11) is 1.71. The SMILES string of the molecule is CCCCC1CCCCCCc2[nH]c(/C=C3\N=C(c4ccc[nH]4)C=C3OC)cc21. The lowest BCUT2D eigenvalue weighted by molar-refractivity contribution is 0.303. The first-order valence-corrected chi connectivity index (χ1v) is 11.2. The molecule has 1 aliphatic carbocycles. The Kier molecular flexibility index (Phi) is 6.38. The average molecular weight is 392 g/mol. The zero-order valence-electron chi connectivity index (χ0n) is 17.8. The Morgan fingerprint density at radius 3 is 2.93 bits per heavy atom. The second-order valence-corrected chi connectivity index (χ2v) is 8.27. The van der Waals surface area contributed by atoms with Crippen LogP contribution in [0.4, 0.5) is 0 Å². The van der Waals surface area contributed by atoms with Crippen molar-refractivity contribution in [3.05, 3.63) is 64.6 Å². The van der Waals surface area contributed by atoms with Crippen LogP contribution in [0.1, 0.15) is 86.9 Å². The quantitative estimate of drug-likeness (QED) is 0.580. The highest BCUT2D eigenvalue weighted by molar-refractivity contribution is 6.11. The van der Waals surface area contributed by atoms with Crippen molar-refractivity contribution >= 4 is 11.8 Å². The van der Waals surface area contributed by atoms with Gasteiger partial charge in [0, 0.05) is 23.7 Å². The third kappa shape index (κ3) is 4.58. The Hall–Kier alpha value is -2.49. The number of fused-ring (bicyclic) bond motifs is 1. The fourth-order valence-corrected chi connectivity index (χ4v) is 4.59. The molecule has 2 aromatic heterocycles. The van der Waals surface area contributed by atoms with Crippen molar-refractivity contribution in [2.75, 3.05) is 7.11 Å². The van der Waals surface area contributed by atoms with Gasteiger partial charge in [-0.2, -0.15) is 0 Å². The number of aryl methyl sites for hydroxylation is 1. The van der Waals surface area contributed by atoms with Crippen LogP contribution in [0.2, 0.25) is 0 Å². The molecule has 2 aromatic rings. The number of nitrogens with zero attached hydrogens (tertiary/aromatic N) is 1. The highest BCUT2D eigenvalue weighted by Crippen LogP contribution is 2.34. The van der Waals surface area contributed by atoms with Gasteiger partial charge in [0.05, 0.1) is 18.5 Å². The van der Waals surface area contributed by atoms with E-state index < -0.39 is 0 Å². The lowest BCUT2D eigenvalue weighted by Crippen LogP contribution is -2.01. The van der Waals surface area contributed by atoms with Gasteiger partial charge in [0.15, 0.2) is 0 Å². The molecule has 4 rings (SSSR count). The number of methoxy groups -OCH3 is 1. The summed E-state index contributed by atoms with van der Waals surface area (Å²) in [5.74, 6) is 1.50. The lowest BCUT2D eigenvalue weighted by Gasteiger charge is -2.16. The number of aromatic amines is 2. The highest BCUT2D eigenvalue weighted by atomic mass is 16.5. The minimum Gasteiger partial charge on any atom is -0.494 e. The maximum atomic E-state index is 5.61. The van der Waals surface area contributed by atoms with Crippen LogP contribution in [-0.2, 0) is 11.2 Å². The molecule has 0 fully saturated rings. The largest absolute Gasteiger partial charge is 0.494 e. The zero-order chi connectivity index (χ0) is 20.1. The second-order valence-electron chi connectivity index (χ2n) is 8.27. The molecule has 154 valence electrons. The summed E-state index contributed by atoms with van der Waals surface area (Å²) in [6.45, 7) is 2.29. The van der Waals surface area contributed by atoms with E-state index in [1.54, 1.807) is 12.7 Å². The highest BCUT2D eigenvalue weighted by Gasteiger charge is 2.21. The van der Waals surface area contributed by atoms with Crippen LogP contribution >= 0.6 is 0 Å². The van der Waals surface area contributed by atoms with E-state index in [-0.39, 0.29) is 0 Å². The van der Waals surface area contributed by atoms with Crippen LogP contribution in [0.25, 0.3) is 6.08 Å². The van der Waals surface area contributed by atoms with Crippen LogP contribution in [0.15, 0.2) is 46.9 Å². The number of unbranched alkanes of at least 4 members (excludes halogenated alkanes) is 1. The van der Waals surface area contributed by atoms with Crippen molar-refractivity contribution in [2.24, 2.45) is 4.99 Å². The zero-order valence-corrected chi connectivity index (χ0v) is 17.8. The summed E-state index contributed by atoms with van der Waals surface area (Å²) in [5, 5.41) is 0. The normalized spacial score (nSPS) is 21.2. The van der Waals surface area contributed by atoms with Crippen molar-refractivity contribution < 1.29 is 4.74 Å². The van der Waals surface area contributed by atoms with Crippen molar-refractivity contribution in [2.45, 2.75) is 70.6 Å². The molecule has 2 aliphatic rings. The number of ether oxygens (including phenoxy) is 1. The molecule has 0 bridgehead atoms. The van der Waals surface area contributed by atoms with E-state index in [0.717, 1.165) is 35.0 Å². The Labute approximate surface area is 174 Å². The van der Waals surface area contributed by atoms with Gasteiger partial charge < -0.3 is 14.7 Å². The Balaban J connectivity index is 1.64. The van der Waals surface area contributed by atoms with E-state index in [1.165, 1.54) is 57.1 Å². The molecule has 1 aliphatic heterocycles. The molecule has 3 heterocycles. The summed E-state index contributed by atoms with van der Waals surface area (Å²) in [5.41, 5.74) is 6.94. The predicted octanol–water partition coefficient (Wildman–Crippen LogP) is 6.50. The van der Waals surface area contributed by atoms with Gasteiger partial charge in [0.2, 0.25) is 0 Å². The fraction of sp³-hybridized carbons (Fsp3) is 0.480. The van der Waals surface area contributed by atoms with E-state index in [4.69, 9.17) is 9.73 Å². The van der Waals surface area contributed by atoms with Crippen LogP contribution in [0, 0.1) is 0 Å². The van der Waals surface area contributed by atoms with Crippen LogP contribution in [0.5, 0.6) is 0 Å². The molecule has 0 radical (unpaired) electrons. The maximum Gasteiger partial charge on any atom is 0.146 e. The van der Waals surface area contributed by atoms with Crippen molar-refractivity contribution in [3.63, 3.8) is 0 Å². The maximum absolute atomic E-state index is 5.61. The number of allylic oxidation sites excluding steroid dienone is 1. The average Bonchev–Trinajstić information content (AvgIpc) is 3.46. The van der Waals surface area contributed by atoms with Gasteiger partial charge >= 0.3 is 0 Å². The van der Waals surface area contributed by atoms with Gasteiger partial charge in [-0.25, -0.2) is 4.99 Å². The van der Waals surface area contributed by atoms with Crippen molar-refractivity contribution in [1.82, 2.24) is 9.97 Å². The van der Waals surface area contributed by atoms with Gasteiger partial charge in [-0.3, -0.25) is 0 Å². The van der Waals surface area contributed by atoms with Crippen LogP contribution in [-0.4, -0.2) is 22.8 Å². The number of aromatic nitrogens is 2. The van der Waals surface area contributed by atoms with Gasteiger partial charge in [-0.05, 0) is 61.4 Å². The minimum absolute atomic E-state index is 0.686. The minimum atomic E-state index is 0.686. The molecule has 0 saturated heterocycles. The molecule has 0 amide bonds. The van der Waals surface area contributed by atoms with E-state index in [2.05, 4.69) is 29.0 Å². The summed E-state index contributed by atoms with van der Waals surface area (Å²) in [6.07, 6.45) is 17.8. The molecule has 1 unspecified atom stereocenters. The number of nitrogens with one attached hydrogen (secondary N) is 2. The van der Waals surface area contributed by atoms with E-state index >= 15 is 0 Å². The molecule has 0 spiro atoms. The van der Waals surface area contributed by atoms with Gasteiger partial charge in [0.25, 0.3) is 0 Å². The third-order valence-corrected chi connectivity index (χ3v) is 6.18. The molecule has 2 N–H and O–H groups in total. The predicted molar refractivity (Wildman–Crippen MR) is 120 cm³/mol. The van der Waals surface area contributed by atoms with E-state index in [1.807, 2.05) is 24.4 Å². The Morgan fingerprint density at radius 2 is 2.14 bits per heavy atom. The molecular weight excluding hydrogens is 358 g/mol. The number of hydrogen-bond acceptors (Lipinski definition) is 2.